The fourth-order valence-electron chi connectivity index (χ4n) is 4.28. The van der Waals surface area contributed by atoms with Crippen molar-refractivity contribution in [3.63, 3.8) is 0 Å². The van der Waals surface area contributed by atoms with Crippen LogP contribution in [0, 0.1) is 6.92 Å². The molecular weight excluding hydrogens is 510 g/mol. The van der Waals surface area contributed by atoms with Crippen molar-refractivity contribution in [3.05, 3.63) is 138 Å². The first-order valence-corrected chi connectivity index (χ1v) is 14.1. The number of anilines is 1. The van der Waals surface area contributed by atoms with Crippen LogP contribution in [0.4, 0.5) is 5.69 Å². The Labute approximate surface area is 230 Å². The molecule has 4 aromatic rings. The molecular formula is C32H31NO5S. The van der Waals surface area contributed by atoms with Gasteiger partial charge in [-0.2, -0.15) is 0 Å². The molecule has 4 aromatic carbocycles. The van der Waals surface area contributed by atoms with Gasteiger partial charge in [0.15, 0.2) is 9.84 Å². The standard InChI is InChI=1S/C32H31NO5S/c1-24-13-7-11-19-30(24)33(25(2)22-38-31-20-12-10-18-29(31)32(34)37-3)21-26-14-8-9-15-27(26)23-39(35,36)28-16-5-4-6-17-28/h4-20H,2,21-23H2,1,3H3. The smallest absolute Gasteiger partial charge is 0.341 e. The van der Waals surface area contributed by atoms with Crippen LogP contribution in [0.3, 0.4) is 0 Å². The Hall–Kier alpha value is -4.36. The summed E-state index contributed by atoms with van der Waals surface area (Å²) in [6.07, 6.45) is 0. The molecule has 0 unspecified atom stereocenters. The third-order valence-electron chi connectivity index (χ3n) is 6.37. The lowest BCUT2D eigenvalue weighted by Gasteiger charge is -2.29. The summed E-state index contributed by atoms with van der Waals surface area (Å²) in [7, 11) is -2.21. The Balaban J connectivity index is 1.63. The minimum Gasteiger partial charge on any atom is -0.487 e. The monoisotopic (exact) mass is 541 g/mol. The van der Waals surface area contributed by atoms with Gasteiger partial charge in [0.05, 0.1) is 17.8 Å². The summed E-state index contributed by atoms with van der Waals surface area (Å²) in [5.74, 6) is -0.213. The molecule has 0 aliphatic carbocycles. The molecule has 200 valence electrons. The molecule has 0 amide bonds. The normalized spacial score (nSPS) is 11.0. The van der Waals surface area contributed by atoms with Crippen molar-refractivity contribution in [2.24, 2.45) is 0 Å². The van der Waals surface area contributed by atoms with Gasteiger partial charge in [-0.15, -0.1) is 0 Å². The minimum absolute atomic E-state index is 0.104. The van der Waals surface area contributed by atoms with Crippen molar-refractivity contribution in [2.45, 2.75) is 24.1 Å². The van der Waals surface area contributed by atoms with Gasteiger partial charge in [0.25, 0.3) is 0 Å². The van der Waals surface area contributed by atoms with Crippen LogP contribution in [0.5, 0.6) is 5.75 Å². The number of sulfone groups is 1. The molecule has 0 fully saturated rings. The van der Waals surface area contributed by atoms with Crippen molar-refractivity contribution >= 4 is 21.5 Å². The summed E-state index contributed by atoms with van der Waals surface area (Å²) in [6, 6.07) is 30.8. The summed E-state index contributed by atoms with van der Waals surface area (Å²) in [4.78, 5) is 14.5. The van der Waals surface area contributed by atoms with Gasteiger partial charge < -0.3 is 14.4 Å². The first-order chi connectivity index (χ1) is 18.8. The maximum absolute atomic E-state index is 13.2. The Morgan fingerprint density at radius 3 is 2.15 bits per heavy atom. The highest BCUT2D eigenvalue weighted by atomic mass is 32.2. The highest BCUT2D eigenvalue weighted by Crippen LogP contribution is 2.28. The van der Waals surface area contributed by atoms with Crippen LogP contribution < -0.4 is 9.64 Å². The van der Waals surface area contributed by atoms with E-state index in [9.17, 15) is 13.2 Å². The zero-order valence-electron chi connectivity index (χ0n) is 22.0. The van der Waals surface area contributed by atoms with Gasteiger partial charge in [-0.3, -0.25) is 0 Å². The molecule has 0 aromatic heterocycles. The van der Waals surface area contributed by atoms with Crippen molar-refractivity contribution in [3.8, 4) is 5.75 Å². The van der Waals surface area contributed by atoms with Gasteiger partial charge >= 0.3 is 5.97 Å². The summed E-state index contributed by atoms with van der Waals surface area (Å²) < 4.78 is 37.3. The number of rotatable bonds is 11. The zero-order valence-corrected chi connectivity index (χ0v) is 22.9. The molecule has 0 aliphatic rings. The van der Waals surface area contributed by atoms with E-state index >= 15 is 0 Å². The predicted molar refractivity (Wildman–Crippen MR) is 154 cm³/mol. The van der Waals surface area contributed by atoms with Gasteiger partial charge in [-0.1, -0.05) is 79.4 Å². The first kappa shape index (κ1) is 27.7. The Kier molecular flexibility index (Phi) is 8.84. The molecule has 0 atom stereocenters. The molecule has 0 N–H and O–H groups in total. The average Bonchev–Trinajstić information content (AvgIpc) is 2.96. The van der Waals surface area contributed by atoms with E-state index < -0.39 is 15.8 Å². The number of hydrogen-bond donors (Lipinski definition) is 0. The predicted octanol–water partition coefficient (Wildman–Crippen LogP) is 6.35. The maximum Gasteiger partial charge on any atom is 0.341 e. The highest BCUT2D eigenvalue weighted by Gasteiger charge is 2.21. The van der Waals surface area contributed by atoms with E-state index in [-0.39, 0.29) is 17.3 Å². The topological polar surface area (TPSA) is 72.9 Å². The van der Waals surface area contributed by atoms with Crippen LogP contribution in [0.15, 0.2) is 120 Å². The summed E-state index contributed by atoms with van der Waals surface area (Å²) in [6.45, 7) is 6.79. The van der Waals surface area contributed by atoms with Crippen LogP contribution in [0.25, 0.3) is 0 Å². The molecule has 0 bridgehead atoms. The minimum atomic E-state index is -3.54. The van der Waals surface area contributed by atoms with E-state index in [1.807, 2.05) is 60.4 Å². The third-order valence-corrected chi connectivity index (χ3v) is 8.05. The number of carbonyl (C=O) groups excluding carboxylic acids is 1. The lowest BCUT2D eigenvalue weighted by molar-refractivity contribution is 0.0596. The van der Waals surface area contributed by atoms with E-state index in [0.717, 1.165) is 16.8 Å². The molecule has 0 radical (unpaired) electrons. The highest BCUT2D eigenvalue weighted by molar-refractivity contribution is 7.90. The van der Waals surface area contributed by atoms with E-state index in [0.29, 0.717) is 29.1 Å². The van der Waals surface area contributed by atoms with Crippen molar-refractivity contribution in [1.29, 1.82) is 0 Å². The van der Waals surface area contributed by atoms with E-state index in [4.69, 9.17) is 9.47 Å². The lowest BCUT2D eigenvalue weighted by atomic mass is 10.1. The van der Waals surface area contributed by atoms with Crippen LogP contribution in [0.1, 0.15) is 27.0 Å². The third kappa shape index (κ3) is 6.75. The fourth-order valence-corrected chi connectivity index (χ4v) is 5.71. The molecule has 0 saturated heterocycles. The number of nitrogens with zero attached hydrogens (tertiary/aromatic N) is 1. The molecule has 0 heterocycles. The van der Waals surface area contributed by atoms with Crippen molar-refractivity contribution in [1.82, 2.24) is 0 Å². The largest absolute Gasteiger partial charge is 0.487 e. The Morgan fingerprint density at radius 1 is 0.821 bits per heavy atom. The average molecular weight is 542 g/mol. The summed E-state index contributed by atoms with van der Waals surface area (Å²) in [5, 5.41) is 0. The number of carbonyl (C=O) groups is 1. The Bertz CT molecular complexity index is 1560. The number of hydrogen-bond acceptors (Lipinski definition) is 6. The van der Waals surface area contributed by atoms with E-state index in [1.165, 1.54) is 7.11 Å². The van der Waals surface area contributed by atoms with Gasteiger partial charge in [-0.25, -0.2) is 13.2 Å². The van der Waals surface area contributed by atoms with Crippen LogP contribution >= 0.6 is 0 Å². The summed E-state index contributed by atoms with van der Waals surface area (Å²) in [5.41, 5.74) is 4.49. The number of esters is 1. The van der Waals surface area contributed by atoms with Gasteiger partial charge in [0.1, 0.15) is 17.9 Å². The van der Waals surface area contributed by atoms with Crippen LogP contribution in [-0.2, 0) is 26.9 Å². The molecule has 0 spiro atoms. The van der Waals surface area contributed by atoms with Gasteiger partial charge in [-0.05, 0) is 53.9 Å². The molecule has 6 nitrogen and oxygen atoms in total. The second-order valence-electron chi connectivity index (χ2n) is 9.06. The fraction of sp³-hybridized carbons (Fsp3) is 0.156. The number of aryl methyl sites for hydroxylation is 1. The Morgan fingerprint density at radius 2 is 1.44 bits per heavy atom. The first-order valence-electron chi connectivity index (χ1n) is 12.5. The zero-order chi connectivity index (χ0) is 27.8. The van der Waals surface area contributed by atoms with E-state index in [2.05, 4.69) is 6.58 Å². The second kappa shape index (κ2) is 12.5. The quantitative estimate of drug-likeness (QED) is 0.206. The lowest BCUT2D eigenvalue weighted by Crippen LogP contribution is -2.27. The molecule has 0 saturated carbocycles. The molecule has 7 heteroatoms. The number of ether oxygens (including phenoxy) is 2. The molecule has 39 heavy (non-hydrogen) atoms. The second-order valence-corrected chi connectivity index (χ2v) is 11.0. The maximum atomic E-state index is 13.2. The number of para-hydroxylation sites is 2. The van der Waals surface area contributed by atoms with Crippen LogP contribution in [-0.4, -0.2) is 28.1 Å². The molecule has 4 rings (SSSR count). The molecule has 0 aliphatic heterocycles. The van der Waals surface area contributed by atoms with Gasteiger partial charge in [0, 0.05) is 17.9 Å². The van der Waals surface area contributed by atoms with Crippen LogP contribution in [0.2, 0.25) is 0 Å². The van der Waals surface area contributed by atoms with Crippen molar-refractivity contribution < 1.29 is 22.7 Å². The SMILES string of the molecule is C=C(COc1ccccc1C(=O)OC)N(Cc1ccccc1CS(=O)(=O)c1ccccc1)c1ccccc1C. The summed E-state index contributed by atoms with van der Waals surface area (Å²) >= 11 is 0. The number of methoxy groups -OCH3 is 1. The van der Waals surface area contributed by atoms with E-state index in [1.54, 1.807) is 54.6 Å². The van der Waals surface area contributed by atoms with Gasteiger partial charge in [0.2, 0.25) is 0 Å². The number of benzene rings is 4. The van der Waals surface area contributed by atoms with Crippen molar-refractivity contribution in [2.75, 3.05) is 18.6 Å².